The molecule has 14 heavy (non-hydrogen) atoms. The number of thiophene rings is 1. The van der Waals surface area contributed by atoms with Crippen molar-refractivity contribution in [3.05, 3.63) is 29.0 Å². The normalized spacial score (nSPS) is 10.4. The zero-order chi connectivity index (χ0) is 10.1. The van der Waals surface area contributed by atoms with Crippen molar-refractivity contribution in [3.8, 4) is 10.8 Å². The van der Waals surface area contributed by atoms with Crippen molar-refractivity contribution in [2.75, 3.05) is 0 Å². The fourth-order valence-corrected chi connectivity index (χ4v) is 1.88. The van der Waals surface area contributed by atoms with E-state index in [1.54, 1.807) is 18.3 Å². The lowest BCUT2D eigenvalue weighted by Gasteiger charge is -1.84. The van der Waals surface area contributed by atoms with Gasteiger partial charge in [-0.2, -0.15) is 0 Å². The maximum atomic E-state index is 11.1. The summed E-state index contributed by atoms with van der Waals surface area (Å²) in [4.78, 5) is 16.2. The molecule has 0 aromatic carbocycles. The third-order valence-electron chi connectivity index (χ3n) is 1.86. The van der Waals surface area contributed by atoms with Crippen molar-refractivity contribution in [1.82, 2.24) is 4.98 Å². The summed E-state index contributed by atoms with van der Waals surface area (Å²) in [5.74, 6) is 1.05. The number of oxazole rings is 1. The van der Waals surface area contributed by atoms with E-state index in [-0.39, 0.29) is 5.78 Å². The Morgan fingerprint density at radius 1 is 1.57 bits per heavy atom. The fourth-order valence-electron chi connectivity index (χ4n) is 1.23. The molecule has 2 aromatic heterocycles. The van der Waals surface area contributed by atoms with E-state index in [0.29, 0.717) is 17.3 Å². The Morgan fingerprint density at radius 3 is 2.86 bits per heavy atom. The molecule has 0 N–H and O–H groups in total. The van der Waals surface area contributed by atoms with Gasteiger partial charge in [-0.15, -0.1) is 11.3 Å². The summed E-state index contributed by atoms with van der Waals surface area (Å²) < 4.78 is 5.40. The van der Waals surface area contributed by atoms with Crippen molar-refractivity contribution in [2.45, 2.75) is 13.8 Å². The highest BCUT2D eigenvalue weighted by atomic mass is 32.1. The summed E-state index contributed by atoms with van der Waals surface area (Å²) in [6.45, 7) is 3.24. The second-order valence-corrected chi connectivity index (χ2v) is 3.90. The summed E-state index contributed by atoms with van der Waals surface area (Å²) >= 11 is 1.54. The van der Waals surface area contributed by atoms with Crippen LogP contribution in [-0.2, 0) is 0 Å². The SMILES string of the molecule is CC(=O)c1nc(-c2cccs2)oc1C. The summed E-state index contributed by atoms with van der Waals surface area (Å²) in [5.41, 5.74) is 0.424. The quantitative estimate of drug-likeness (QED) is 0.711. The van der Waals surface area contributed by atoms with Crippen molar-refractivity contribution in [3.63, 3.8) is 0 Å². The Kier molecular flexibility index (Phi) is 2.21. The van der Waals surface area contributed by atoms with Gasteiger partial charge in [0.15, 0.2) is 5.78 Å². The predicted octanol–water partition coefficient (Wildman–Crippen LogP) is 2.91. The lowest BCUT2D eigenvalue weighted by atomic mass is 10.3. The minimum Gasteiger partial charge on any atom is -0.440 e. The van der Waals surface area contributed by atoms with E-state index in [2.05, 4.69) is 4.98 Å². The van der Waals surface area contributed by atoms with E-state index in [4.69, 9.17) is 4.42 Å². The number of carbonyl (C=O) groups excluding carboxylic acids is 1. The molecule has 72 valence electrons. The number of aromatic nitrogens is 1. The maximum Gasteiger partial charge on any atom is 0.237 e. The van der Waals surface area contributed by atoms with Crippen LogP contribution in [0.25, 0.3) is 10.8 Å². The van der Waals surface area contributed by atoms with E-state index >= 15 is 0 Å². The maximum absolute atomic E-state index is 11.1. The first-order valence-corrected chi connectivity index (χ1v) is 5.08. The summed E-state index contributed by atoms with van der Waals surface area (Å²) in [5, 5.41) is 1.95. The van der Waals surface area contributed by atoms with Crippen molar-refractivity contribution in [2.24, 2.45) is 0 Å². The van der Waals surface area contributed by atoms with Gasteiger partial charge in [0.25, 0.3) is 0 Å². The summed E-state index contributed by atoms with van der Waals surface area (Å²) in [6.07, 6.45) is 0. The smallest absolute Gasteiger partial charge is 0.237 e. The second-order valence-electron chi connectivity index (χ2n) is 2.96. The average molecular weight is 207 g/mol. The third-order valence-corrected chi connectivity index (χ3v) is 2.72. The van der Waals surface area contributed by atoms with Gasteiger partial charge in [0.1, 0.15) is 11.5 Å². The molecule has 0 radical (unpaired) electrons. The number of aryl methyl sites for hydroxylation is 1. The number of Topliss-reactive ketones (excluding diaryl/α,β-unsaturated/α-hetero) is 1. The lowest BCUT2D eigenvalue weighted by molar-refractivity contribution is 0.101. The van der Waals surface area contributed by atoms with Crippen LogP contribution < -0.4 is 0 Å². The Balaban J connectivity index is 2.48. The molecular formula is C10H9NO2S. The summed E-state index contributed by atoms with van der Waals surface area (Å²) in [6, 6.07) is 3.84. The first-order valence-electron chi connectivity index (χ1n) is 4.20. The van der Waals surface area contributed by atoms with Gasteiger partial charge < -0.3 is 4.42 Å². The molecule has 2 aromatic rings. The molecule has 2 rings (SSSR count). The number of rotatable bonds is 2. The third kappa shape index (κ3) is 1.48. The van der Waals surface area contributed by atoms with Crippen molar-refractivity contribution in [1.29, 1.82) is 0 Å². The van der Waals surface area contributed by atoms with Gasteiger partial charge in [-0.3, -0.25) is 4.79 Å². The molecule has 0 amide bonds. The zero-order valence-electron chi connectivity index (χ0n) is 7.90. The Hall–Kier alpha value is -1.42. The first kappa shape index (κ1) is 9.15. The van der Waals surface area contributed by atoms with Gasteiger partial charge >= 0.3 is 0 Å². The van der Waals surface area contributed by atoms with Crippen LogP contribution in [0.2, 0.25) is 0 Å². The molecule has 0 bridgehead atoms. The van der Waals surface area contributed by atoms with Gasteiger partial charge in [0, 0.05) is 6.92 Å². The molecule has 0 aliphatic rings. The molecule has 0 saturated carbocycles. The molecule has 0 atom stereocenters. The highest BCUT2D eigenvalue weighted by Gasteiger charge is 2.14. The number of hydrogen-bond acceptors (Lipinski definition) is 4. The van der Waals surface area contributed by atoms with Crippen LogP contribution in [0, 0.1) is 6.92 Å². The molecule has 0 fully saturated rings. The summed E-state index contributed by atoms with van der Waals surface area (Å²) in [7, 11) is 0. The predicted molar refractivity (Wildman–Crippen MR) is 54.6 cm³/mol. The van der Waals surface area contributed by atoms with Gasteiger partial charge in [-0.1, -0.05) is 6.07 Å². The van der Waals surface area contributed by atoms with Gasteiger partial charge in [-0.05, 0) is 18.4 Å². The lowest BCUT2D eigenvalue weighted by Crippen LogP contribution is -1.93. The van der Waals surface area contributed by atoms with Crippen LogP contribution in [0.5, 0.6) is 0 Å². The number of ketones is 1. The molecule has 0 aliphatic heterocycles. The standard InChI is InChI=1S/C10H9NO2S/c1-6(12)9-7(2)13-10(11-9)8-4-3-5-14-8/h3-5H,1-2H3. The van der Waals surface area contributed by atoms with Gasteiger partial charge in [0.05, 0.1) is 4.88 Å². The second kappa shape index (κ2) is 3.38. The minimum atomic E-state index is -0.0611. The number of carbonyl (C=O) groups is 1. The largest absolute Gasteiger partial charge is 0.440 e. The van der Waals surface area contributed by atoms with Crippen LogP contribution in [0.3, 0.4) is 0 Å². The molecule has 3 nitrogen and oxygen atoms in total. The Labute approximate surface area is 85.4 Å². The zero-order valence-corrected chi connectivity index (χ0v) is 8.72. The molecule has 0 aliphatic carbocycles. The van der Waals surface area contributed by atoms with E-state index < -0.39 is 0 Å². The highest BCUT2D eigenvalue weighted by Crippen LogP contribution is 2.25. The van der Waals surface area contributed by atoms with Crippen LogP contribution in [-0.4, -0.2) is 10.8 Å². The molecule has 4 heteroatoms. The topological polar surface area (TPSA) is 43.1 Å². The number of nitrogens with zero attached hydrogens (tertiary/aromatic N) is 1. The molecule has 0 unspecified atom stereocenters. The van der Waals surface area contributed by atoms with Gasteiger partial charge in [0.2, 0.25) is 5.89 Å². The van der Waals surface area contributed by atoms with E-state index in [9.17, 15) is 4.79 Å². The number of hydrogen-bond donors (Lipinski definition) is 0. The van der Waals surface area contributed by atoms with Crippen LogP contribution in [0.15, 0.2) is 21.9 Å². The van der Waals surface area contributed by atoms with Crippen LogP contribution >= 0.6 is 11.3 Å². The van der Waals surface area contributed by atoms with E-state index in [0.717, 1.165) is 4.88 Å². The first-order chi connectivity index (χ1) is 6.68. The Bertz CT molecular complexity index is 456. The van der Waals surface area contributed by atoms with Crippen molar-refractivity contribution >= 4 is 17.1 Å². The van der Waals surface area contributed by atoms with Gasteiger partial charge in [-0.25, -0.2) is 4.98 Å². The van der Waals surface area contributed by atoms with Crippen molar-refractivity contribution < 1.29 is 9.21 Å². The van der Waals surface area contributed by atoms with Crippen LogP contribution in [0.1, 0.15) is 23.2 Å². The minimum absolute atomic E-state index is 0.0611. The Morgan fingerprint density at radius 2 is 2.36 bits per heavy atom. The molecule has 2 heterocycles. The molecule has 0 spiro atoms. The molecular weight excluding hydrogens is 198 g/mol. The monoisotopic (exact) mass is 207 g/mol. The van der Waals surface area contributed by atoms with E-state index in [1.165, 1.54) is 6.92 Å². The fraction of sp³-hybridized carbons (Fsp3) is 0.200. The van der Waals surface area contributed by atoms with Crippen LogP contribution in [0.4, 0.5) is 0 Å². The highest BCUT2D eigenvalue weighted by molar-refractivity contribution is 7.13. The van der Waals surface area contributed by atoms with E-state index in [1.807, 2.05) is 17.5 Å². The average Bonchev–Trinajstić information content (AvgIpc) is 2.70. The molecule has 0 saturated heterocycles.